The summed E-state index contributed by atoms with van der Waals surface area (Å²) in [7, 11) is 1.89. The first-order valence-corrected chi connectivity index (χ1v) is 17.2. The largest absolute Gasteiger partial charge is 0.444 e. The van der Waals surface area contributed by atoms with E-state index >= 15 is 0 Å². The molecule has 0 saturated carbocycles. The Kier molecular flexibility index (Phi) is 9.03. The van der Waals surface area contributed by atoms with Gasteiger partial charge in [-0.15, -0.1) is 0 Å². The number of carbonyl (C=O) groups is 3. The van der Waals surface area contributed by atoms with Crippen molar-refractivity contribution in [2.24, 2.45) is 7.05 Å². The second kappa shape index (κ2) is 13.6. The van der Waals surface area contributed by atoms with Crippen LogP contribution in [0, 0.1) is 0 Å². The van der Waals surface area contributed by atoms with Gasteiger partial charge in [0.1, 0.15) is 5.60 Å². The van der Waals surface area contributed by atoms with Crippen molar-refractivity contribution in [1.29, 1.82) is 0 Å². The van der Waals surface area contributed by atoms with Crippen LogP contribution < -0.4 is 4.90 Å². The molecular weight excluding hydrogens is 642 g/mol. The third kappa shape index (κ3) is 7.05. The van der Waals surface area contributed by atoms with Crippen molar-refractivity contribution < 1.29 is 23.9 Å². The molecule has 5 aromatic rings. The van der Waals surface area contributed by atoms with Gasteiger partial charge in [-0.05, 0) is 98.3 Å². The Morgan fingerprint density at radius 2 is 1.73 bits per heavy atom. The number of Topliss-reactive ketones (excluding diaryl/α,β-unsaturated/α-hetero) is 1. The molecule has 51 heavy (non-hydrogen) atoms. The van der Waals surface area contributed by atoms with E-state index in [4.69, 9.17) is 14.5 Å². The molecule has 2 aliphatic rings. The first-order chi connectivity index (χ1) is 24.4. The lowest BCUT2D eigenvalue weighted by Crippen LogP contribution is -2.45. The lowest BCUT2D eigenvalue weighted by atomic mass is 9.95. The molecule has 4 heterocycles. The Hall–Kier alpha value is -5.61. The van der Waals surface area contributed by atoms with Gasteiger partial charge in [0.2, 0.25) is 11.7 Å². The number of aromatic nitrogens is 3. The molecule has 10 nitrogen and oxygen atoms in total. The number of benzene rings is 3. The van der Waals surface area contributed by atoms with E-state index in [0.717, 1.165) is 46.0 Å². The van der Waals surface area contributed by atoms with Gasteiger partial charge in [-0.3, -0.25) is 19.2 Å². The zero-order valence-electron chi connectivity index (χ0n) is 29.6. The van der Waals surface area contributed by atoms with Gasteiger partial charge < -0.3 is 14.4 Å². The summed E-state index contributed by atoms with van der Waals surface area (Å²) in [5.41, 5.74) is 6.67. The predicted octanol–water partition coefficient (Wildman–Crippen LogP) is 7.81. The van der Waals surface area contributed by atoms with Crippen molar-refractivity contribution in [2.75, 3.05) is 18.1 Å². The molecule has 0 N–H and O–H groups in total. The minimum absolute atomic E-state index is 0.00986. The predicted molar refractivity (Wildman–Crippen MR) is 197 cm³/mol. The molecule has 0 aliphatic carbocycles. The van der Waals surface area contributed by atoms with Gasteiger partial charge in [0, 0.05) is 62.5 Å². The molecule has 1 fully saturated rings. The Balaban J connectivity index is 1.35. The molecule has 260 valence electrons. The number of ether oxygens (including phenoxy) is 2. The highest BCUT2D eigenvalue weighted by molar-refractivity contribution is 6.26. The zero-order chi connectivity index (χ0) is 35.9. The van der Waals surface area contributed by atoms with Crippen LogP contribution in [0.25, 0.3) is 39.2 Å². The molecule has 10 heteroatoms. The number of aryl methyl sites for hydroxylation is 1. The number of anilines is 1. The van der Waals surface area contributed by atoms with Gasteiger partial charge in [-0.1, -0.05) is 36.4 Å². The molecule has 0 atom stereocenters. The van der Waals surface area contributed by atoms with Crippen molar-refractivity contribution in [2.45, 2.75) is 58.7 Å². The molecule has 7 rings (SSSR count). The summed E-state index contributed by atoms with van der Waals surface area (Å²) in [4.78, 5) is 48.3. The van der Waals surface area contributed by atoms with Crippen LogP contribution in [-0.4, -0.2) is 62.3 Å². The highest BCUT2D eigenvalue weighted by Crippen LogP contribution is 2.37. The first-order valence-electron chi connectivity index (χ1n) is 17.2. The average Bonchev–Trinajstić information content (AvgIpc) is 3.67. The van der Waals surface area contributed by atoms with Crippen LogP contribution in [-0.2, 0) is 27.9 Å². The zero-order valence-corrected chi connectivity index (χ0v) is 29.6. The van der Waals surface area contributed by atoms with E-state index in [1.165, 1.54) is 11.8 Å². The number of rotatable bonds is 6. The SMILES string of the molecule is CC(=O)N1/C(=C\c2cc(-c3cccc(-c4cnn(C)c4)c3)c3cc(CN(C(=O)OC(C)(C)C)C4CCOCC4)ccc3n2)C(=O)c2ccccc21. The molecule has 3 aromatic carbocycles. The maximum atomic E-state index is 13.6. The van der Waals surface area contributed by atoms with Crippen LogP contribution in [0.4, 0.5) is 10.5 Å². The van der Waals surface area contributed by atoms with Crippen LogP contribution in [0.1, 0.15) is 62.2 Å². The van der Waals surface area contributed by atoms with Gasteiger partial charge >= 0.3 is 6.09 Å². The summed E-state index contributed by atoms with van der Waals surface area (Å²) in [6.45, 7) is 8.63. The fourth-order valence-corrected chi connectivity index (χ4v) is 6.84. The highest BCUT2D eigenvalue weighted by atomic mass is 16.6. The molecular formula is C41H41N5O5. The summed E-state index contributed by atoms with van der Waals surface area (Å²) in [5, 5.41) is 5.25. The van der Waals surface area contributed by atoms with Gasteiger partial charge in [-0.2, -0.15) is 5.10 Å². The van der Waals surface area contributed by atoms with Gasteiger partial charge in [0.25, 0.3) is 0 Å². The number of para-hydroxylation sites is 1. The normalized spacial score (nSPS) is 15.7. The fourth-order valence-electron chi connectivity index (χ4n) is 6.84. The summed E-state index contributed by atoms with van der Waals surface area (Å²) in [6.07, 6.45) is 6.62. The summed E-state index contributed by atoms with van der Waals surface area (Å²) < 4.78 is 13.2. The third-order valence-corrected chi connectivity index (χ3v) is 9.18. The number of hydrogen-bond acceptors (Lipinski definition) is 7. The van der Waals surface area contributed by atoms with Crippen molar-refractivity contribution in [1.82, 2.24) is 19.7 Å². The number of allylic oxidation sites excluding steroid dienone is 1. The van der Waals surface area contributed by atoms with E-state index in [1.807, 2.05) is 87.6 Å². The number of carbonyl (C=O) groups excluding carboxylic acids is 3. The van der Waals surface area contributed by atoms with E-state index in [2.05, 4.69) is 17.2 Å². The third-order valence-electron chi connectivity index (χ3n) is 9.18. The topological polar surface area (TPSA) is 107 Å². The maximum absolute atomic E-state index is 13.6. The Morgan fingerprint density at radius 3 is 2.45 bits per heavy atom. The minimum atomic E-state index is -0.634. The summed E-state index contributed by atoms with van der Waals surface area (Å²) >= 11 is 0. The number of fused-ring (bicyclic) bond motifs is 2. The first kappa shape index (κ1) is 33.9. The second-order valence-electron chi connectivity index (χ2n) is 14.1. The maximum Gasteiger partial charge on any atom is 0.410 e. The van der Waals surface area contributed by atoms with Crippen LogP contribution in [0.2, 0.25) is 0 Å². The minimum Gasteiger partial charge on any atom is -0.444 e. The molecule has 2 aliphatic heterocycles. The second-order valence-corrected chi connectivity index (χ2v) is 14.1. The Labute approximate surface area is 297 Å². The molecule has 0 spiro atoms. The van der Waals surface area contributed by atoms with Crippen molar-refractivity contribution in [3.8, 4) is 22.3 Å². The van der Waals surface area contributed by atoms with Crippen molar-refractivity contribution >= 4 is 40.4 Å². The number of hydrogen-bond donors (Lipinski definition) is 0. The Bertz CT molecular complexity index is 2190. The van der Waals surface area contributed by atoms with Gasteiger partial charge in [0.05, 0.1) is 28.8 Å². The number of amides is 2. The molecule has 0 bridgehead atoms. The van der Waals surface area contributed by atoms with Crippen LogP contribution >= 0.6 is 0 Å². The van der Waals surface area contributed by atoms with Crippen LogP contribution in [0.15, 0.2) is 90.9 Å². The number of ketones is 1. The van der Waals surface area contributed by atoms with Crippen LogP contribution in [0.3, 0.4) is 0 Å². The lowest BCUT2D eigenvalue weighted by molar-refractivity contribution is -0.116. The quantitative estimate of drug-likeness (QED) is 0.168. The molecule has 1 saturated heterocycles. The highest BCUT2D eigenvalue weighted by Gasteiger charge is 2.35. The van der Waals surface area contributed by atoms with E-state index in [-0.39, 0.29) is 29.5 Å². The standard InChI is InChI=1S/C41H41N5O5/c1-26(47)46-37-12-7-6-11-33(37)39(48)38(46)22-31-21-34(29-10-8-9-28(20-29)30-23-42-44(5)25-30)35-19-27(13-14-36(35)43-31)24-45(32-15-17-50-18-16-32)40(49)51-41(2,3)4/h6-14,19-23,25,32H,15-18,24H2,1-5H3/b38-22-. The van der Waals surface area contributed by atoms with Crippen LogP contribution in [0.5, 0.6) is 0 Å². The van der Waals surface area contributed by atoms with E-state index in [0.29, 0.717) is 42.2 Å². The fraction of sp³-hybridized carbons (Fsp3) is 0.293. The van der Waals surface area contributed by atoms with Crippen molar-refractivity contribution in [3.05, 3.63) is 108 Å². The number of pyridine rings is 1. The molecule has 2 amide bonds. The van der Waals surface area contributed by atoms with E-state index in [1.54, 1.807) is 29.0 Å². The molecule has 0 unspecified atom stereocenters. The van der Waals surface area contributed by atoms with Crippen molar-refractivity contribution in [3.63, 3.8) is 0 Å². The smallest absolute Gasteiger partial charge is 0.410 e. The summed E-state index contributed by atoms with van der Waals surface area (Å²) in [5.74, 6) is -0.484. The monoisotopic (exact) mass is 683 g/mol. The van der Waals surface area contributed by atoms with E-state index < -0.39 is 5.60 Å². The lowest BCUT2D eigenvalue weighted by Gasteiger charge is -2.35. The summed E-state index contributed by atoms with van der Waals surface area (Å²) in [6, 6.07) is 23.3. The average molecular weight is 684 g/mol. The Morgan fingerprint density at radius 1 is 0.961 bits per heavy atom. The molecule has 0 radical (unpaired) electrons. The van der Waals surface area contributed by atoms with Gasteiger partial charge in [0.15, 0.2) is 0 Å². The van der Waals surface area contributed by atoms with Gasteiger partial charge in [-0.25, -0.2) is 9.78 Å². The molecule has 2 aromatic heterocycles. The van der Waals surface area contributed by atoms with E-state index in [9.17, 15) is 14.4 Å². The number of nitrogens with zero attached hydrogens (tertiary/aromatic N) is 5.